The Hall–Kier alpha value is -1.77. The number of rotatable bonds is 0. The smallest absolute Gasteiger partial charge is 0.319 e. The Morgan fingerprint density at radius 1 is 1.27 bits per heavy atom. The average molecular weight is 200 g/mol. The van der Waals surface area contributed by atoms with Gasteiger partial charge in [0.25, 0.3) is 0 Å². The van der Waals surface area contributed by atoms with E-state index in [1.54, 1.807) is 0 Å². The van der Waals surface area contributed by atoms with Crippen molar-refractivity contribution in [1.82, 2.24) is 10.6 Å². The van der Waals surface area contributed by atoms with Crippen molar-refractivity contribution in [1.29, 1.82) is 0 Å². The number of urea groups is 1. The third kappa shape index (κ3) is 1.31. The number of allylic oxidation sites excluding steroid dienone is 7. The van der Waals surface area contributed by atoms with Crippen LogP contribution in [0.3, 0.4) is 0 Å². The molecule has 0 saturated carbocycles. The molecule has 0 aromatic carbocycles. The maximum Gasteiger partial charge on any atom is 0.319 e. The maximum absolute atomic E-state index is 11.2. The van der Waals surface area contributed by atoms with Crippen LogP contribution >= 0.6 is 0 Å². The Bertz CT molecular complexity index is 429. The predicted molar refractivity (Wildman–Crippen MR) is 58.0 cm³/mol. The fraction of sp³-hybridized carbons (Fsp3) is 0.250. The maximum atomic E-state index is 11.2. The molecular formula is C12H12N2O. The van der Waals surface area contributed by atoms with Crippen LogP contribution in [0.25, 0.3) is 0 Å². The molecular weight excluding hydrogens is 188 g/mol. The molecule has 0 aromatic heterocycles. The van der Waals surface area contributed by atoms with Crippen LogP contribution in [0.2, 0.25) is 0 Å². The molecule has 15 heavy (non-hydrogen) atoms. The highest BCUT2D eigenvalue weighted by atomic mass is 16.2. The molecule has 2 aliphatic carbocycles. The van der Waals surface area contributed by atoms with Gasteiger partial charge in [-0.1, -0.05) is 30.4 Å². The molecule has 3 aliphatic rings. The summed E-state index contributed by atoms with van der Waals surface area (Å²) in [6, 6.07) is -0.0929. The van der Waals surface area contributed by atoms with E-state index in [0.717, 1.165) is 12.2 Å². The van der Waals surface area contributed by atoms with E-state index in [4.69, 9.17) is 0 Å². The Balaban J connectivity index is 1.98. The van der Waals surface area contributed by atoms with Crippen molar-refractivity contribution in [2.75, 3.05) is 6.54 Å². The van der Waals surface area contributed by atoms with E-state index in [9.17, 15) is 4.79 Å². The molecule has 1 saturated heterocycles. The lowest BCUT2D eigenvalue weighted by molar-refractivity contribution is 0.233. The zero-order chi connectivity index (χ0) is 10.3. The van der Waals surface area contributed by atoms with Crippen molar-refractivity contribution in [3.8, 4) is 0 Å². The van der Waals surface area contributed by atoms with Gasteiger partial charge in [-0.15, -0.1) is 0 Å². The van der Waals surface area contributed by atoms with Crippen molar-refractivity contribution in [3.63, 3.8) is 0 Å². The van der Waals surface area contributed by atoms with Crippen LogP contribution < -0.4 is 10.6 Å². The van der Waals surface area contributed by atoms with E-state index in [2.05, 4.69) is 41.0 Å². The van der Waals surface area contributed by atoms with Crippen molar-refractivity contribution >= 4 is 6.03 Å². The van der Waals surface area contributed by atoms with Gasteiger partial charge in [0.2, 0.25) is 0 Å². The first-order valence-electron chi connectivity index (χ1n) is 5.16. The second-order valence-corrected chi connectivity index (χ2v) is 4.00. The molecule has 0 radical (unpaired) electrons. The first kappa shape index (κ1) is 8.53. The number of hydrogen-bond donors (Lipinski definition) is 2. The van der Waals surface area contributed by atoms with Gasteiger partial charge in [-0.3, -0.25) is 0 Å². The molecule has 0 aromatic rings. The minimum absolute atomic E-state index is 0.0929. The SMILES string of the molecule is O=C1NCC2C(=CC=C3C=CC=CC32)N1. The Morgan fingerprint density at radius 2 is 2.20 bits per heavy atom. The quantitative estimate of drug-likeness (QED) is 0.611. The van der Waals surface area contributed by atoms with Crippen LogP contribution in [0.5, 0.6) is 0 Å². The molecule has 2 atom stereocenters. The first-order chi connectivity index (χ1) is 7.34. The van der Waals surface area contributed by atoms with Gasteiger partial charge >= 0.3 is 6.03 Å². The molecule has 76 valence electrons. The van der Waals surface area contributed by atoms with Crippen molar-refractivity contribution in [2.45, 2.75) is 0 Å². The van der Waals surface area contributed by atoms with Gasteiger partial charge in [0.15, 0.2) is 0 Å². The fourth-order valence-corrected chi connectivity index (χ4v) is 2.36. The van der Waals surface area contributed by atoms with Crippen LogP contribution in [0, 0.1) is 11.8 Å². The highest BCUT2D eigenvalue weighted by Crippen LogP contribution is 2.34. The van der Waals surface area contributed by atoms with Crippen LogP contribution in [0.4, 0.5) is 4.79 Å². The molecule has 3 nitrogen and oxygen atoms in total. The number of carbonyl (C=O) groups is 1. The predicted octanol–water partition coefficient (Wildman–Crippen LogP) is 1.48. The van der Waals surface area contributed by atoms with Gasteiger partial charge < -0.3 is 10.6 Å². The summed E-state index contributed by atoms with van der Waals surface area (Å²) < 4.78 is 0. The molecule has 3 heteroatoms. The third-order valence-electron chi connectivity index (χ3n) is 3.13. The summed E-state index contributed by atoms with van der Waals surface area (Å²) in [7, 11) is 0. The van der Waals surface area contributed by atoms with E-state index < -0.39 is 0 Å². The van der Waals surface area contributed by atoms with E-state index in [1.165, 1.54) is 5.57 Å². The number of amides is 2. The highest BCUT2D eigenvalue weighted by molar-refractivity contribution is 5.77. The van der Waals surface area contributed by atoms with Crippen LogP contribution in [0.1, 0.15) is 0 Å². The molecule has 1 aliphatic heterocycles. The van der Waals surface area contributed by atoms with Crippen LogP contribution in [0.15, 0.2) is 47.7 Å². The highest BCUT2D eigenvalue weighted by Gasteiger charge is 2.32. The molecule has 3 rings (SSSR count). The van der Waals surface area contributed by atoms with Crippen molar-refractivity contribution < 1.29 is 4.79 Å². The fourth-order valence-electron chi connectivity index (χ4n) is 2.36. The van der Waals surface area contributed by atoms with Gasteiger partial charge in [0.1, 0.15) is 0 Å². The molecule has 2 amide bonds. The number of fused-ring (bicyclic) bond motifs is 3. The molecule has 2 unspecified atom stereocenters. The number of carbonyl (C=O) groups excluding carboxylic acids is 1. The van der Waals surface area contributed by atoms with E-state index in [0.29, 0.717) is 11.8 Å². The topological polar surface area (TPSA) is 41.1 Å². The molecule has 1 fully saturated rings. The molecule has 0 spiro atoms. The Kier molecular flexibility index (Phi) is 1.78. The van der Waals surface area contributed by atoms with Gasteiger partial charge in [0.05, 0.1) is 0 Å². The zero-order valence-electron chi connectivity index (χ0n) is 8.23. The lowest BCUT2D eigenvalue weighted by atomic mass is 9.77. The second-order valence-electron chi connectivity index (χ2n) is 4.00. The largest absolute Gasteiger partial charge is 0.337 e. The standard InChI is InChI=1S/C12H12N2O/c15-12-13-7-10-9-4-2-1-3-8(9)5-6-11(10)14-12/h1-6,9-10H,7H2,(H2,13,14,15). The summed E-state index contributed by atoms with van der Waals surface area (Å²) in [4.78, 5) is 11.2. The van der Waals surface area contributed by atoms with E-state index in [-0.39, 0.29) is 6.03 Å². The normalized spacial score (nSPS) is 31.9. The minimum atomic E-state index is -0.0929. The summed E-state index contributed by atoms with van der Waals surface area (Å²) in [5.74, 6) is 0.770. The lowest BCUT2D eigenvalue weighted by Gasteiger charge is -2.35. The molecule has 0 bridgehead atoms. The second kappa shape index (κ2) is 3.12. The molecule has 2 N–H and O–H groups in total. The monoisotopic (exact) mass is 200 g/mol. The van der Waals surface area contributed by atoms with Crippen LogP contribution in [-0.2, 0) is 0 Å². The summed E-state index contributed by atoms with van der Waals surface area (Å²) >= 11 is 0. The van der Waals surface area contributed by atoms with Crippen molar-refractivity contribution in [2.24, 2.45) is 11.8 Å². The lowest BCUT2D eigenvalue weighted by Crippen LogP contribution is -2.49. The summed E-state index contributed by atoms with van der Waals surface area (Å²) in [5.41, 5.74) is 2.36. The summed E-state index contributed by atoms with van der Waals surface area (Å²) in [6.07, 6.45) is 12.6. The Morgan fingerprint density at radius 3 is 3.13 bits per heavy atom. The Labute approximate surface area is 88.2 Å². The number of nitrogens with one attached hydrogen (secondary N) is 2. The van der Waals surface area contributed by atoms with Crippen molar-refractivity contribution in [3.05, 3.63) is 47.7 Å². The zero-order valence-corrected chi connectivity index (χ0v) is 8.23. The van der Waals surface area contributed by atoms with E-state index >= 15 is 0 Å². The van der Waals surface area contributed by atoms with Gasteiger partial charge in [-0.2, -0.15) is 0 Å². The first-order valence-corrected chi connectivity index (χ1v) is 5.16. The van der Waals surface area contributed by atoms with Crippen LogP contribution in [-0.4, -0.2) is 12.6 Å². The minimum Gasteiger partial charge on any atom is -0.337 e. The summed E-state index contributed by atoms with van der Waals surface area (Å²) in [5, 5.41) is 5.70. The summed E-state index contributed by atoms with van der Waals surface area (Å²) in [6.45, 7) is 0.720. The average Bonchev–Trinajstić information content (AvgIpc) is 2.28. The van der Waals surface area contributed by atoms with E-state index in [1.807, 2.05) is 6.08 Å². The van der Waals surface area contributed by atoms with Gasteiger partial charge in [-0.25, -0.2) is 4.79 Å². The third-order valence-corrected chi connectivity index (χ3v) is 3.13. The number of hydrogen-bond acceptors (Lipinski definition) is 1. The van der Waals surface area contributed by atoms with Gasteiger partial charge in [0, 0.05) is 24.1 Å². The van der Waals surface area contributed by atoms with Gasteiger partial charge in [-0.05, 0) is 11.6 Å². The molecule has 1 heterocycles.